The van der Waals surface area contributed by atoms with Crippen molar-refractivity contribution < 1.29 is 0 Å². The molecule has 3 heteroatoms. The zero-order chi connectivity index (χ0) is 14.0. The number of benzene rings is 1. The summed E-state index contributed by atoms with van der Waals surface area (Å²) in [6.07, 6.45) is 4.11. The Labute approximate surface area is 115 Å². The Balaban J connectivity index is 2.42. The summed E-state index contributed by atoms with van der Waals surface area (Å²) < 4.78 is 2.01. The number of hydrogen-bond donors (Lipinski definition) is 1. The number of nitrogens with zero attached hydrogens (tertiary/aromatic N) is 2. The van der Waals surface area contributed by atoms with Crippen molar-refractivity contribution in [1.29, 1.82) is 0 Å². The van der Waals surface area contributed by atoms with E-state index in [-0.39, 0.29) is 0 Å². The largest absolute Gasteiger partial charge is 0.396 e. The first-order valence-electron chi connectivity index (χ1n) is 6.99. The van der Waals surface area contributed by atoms with Crippen LogP contribution in [0.25, 0.3) is 11.3 Å². The molecule has 0 fully saturated rings. The van der Waals surface area contributed by atoms with E-state index in [1.54, 1.807) is 0 Å². The Bertz CT molecular complexity index is 565. The van der Waals surface area contributed by atoms with Crippen LogP contribution < -0.4 is 5.73 Å². The van der Waals surface area contributed by atoms with E-state index in [4.69, 9.17) is 5.73 Å². The summed E-state index contributed by atoms with van der Waals surface area (Å²) in [6.45, 7) is 8.60. The van der Waals surface area contributed by atoms with Crippen molar-refractivity contribution in [2.45, 2.75) is 46.6 Å². The average molecular weight is 257 g/mol. The maximum absolute atomic E-state index is 6.13. The van der Waals surface area contributed by atoms with Gasteiger partial charge in [-0.1, -0.05) is 26.0 Å². The van der Waals surface area contributed by atoms with Gasteiger partial charge in [0.25, 0.3) is 0 Å². The molecule has 0 saturated heterocycles. The number of aryl methyl sites for hydroxylation is 2. The van der Waals surface area contributed by atoms with Crippen LogP contribution in [0.1, 0.15) is 43.9 Å². The molecule has 0 aliphatic carbocycles. The van der Waals surface area contributed by atoms with Crippen LogP contribution >= 0.6 is 0 Å². The zero-order valence-electron chi connectivity index (χ0n) is 12.3. The van der Waals surface area contributed by atoms with Crippen molar-refractivity contribution in [2.75, 3.05) is 5.73 Å². The number of rotatable bonds is 4. The van der Waals surface area contributed by atoms with Gasteiger partial charge >= 0.3 is 0 Å². The molecule has 3 nitrogen and oxygen atoms in total. The smallest absolute Gasteiger partial charge is 0.115 e. The SMILES string of the molecule is CCC(CC)n1cc(N)c(-c2ccc(C)c(C)c2)n1. The standard InChI is InChI=1S/C16H23N3/c1-5-14(6-2)19-10-15(17)16(18-19)13-8-7-11(3)12(4)9-13/h7-10,14H,5-6,17H2,1-4H3. The molecule has 2 N–H and O–H groups in total. The molecule has 2 rings (SSSR count). The number of nitrogen functional groups attached to an aromatic ring is 1. The molecule has 0 amide bonds. The first-order chi connectivity index (χ1) is 9.06. The molecule has 0 aliphatic rings. The fraction of sp³-hybridized carbons (Fsp3) is 0.438. The second kappa shape index (κ2) is 5.47. The normalized spacial score (nSPS) is 11.2. The fourth-order valence-electron chi connectivity index (χ4n) is 2.37. The summed E-state index contributed by atoms with van der Waals surface area (Å²) in [6, 6.07) is 6.81. The molecule has 0 radical (unpaired) electrons. The lowest BCUT2D eigenvalue weighted by atomic mass is 10.0. The molecule has 0 aliphatic heterocycles. The van der Waals surface area contributed by atoms with Crippen LogP contribution in [-0.2, 0) is 0 Å². The van der Waals surface area contributed by atoms with Crippen molar-refractivity contribution >= 4 is 5.69 Å². The molecule has 1 aromatic heterocycles. The Hall–Kier alpha value is -1.77. The number of hydrogen-bond acceptors (Lipinski definition) is 2. The lowest BCUT2D eigenvalue weighted by Gasteiger charge is -2.12. The van der Waals surface area contributed by atoms with Gasteiger partial charge in [0.05, 0.1) is 11.7 Å². The van der Waals surface area contributed by atoms with Gasteiger partial charge in [0.1, 0.15) is 5.69 Å². The fourth-order valence-corrected chi connectivity index (χ4v) is 2.37. The highest BCUT2D eigenvalue weighted by molar-refractivity contribution is 5.72. The third kappa shape index (κ3) is 2.65. The van der Waals surface area contributed by atoms with Gasteiger partial charge in [-0.3, -0.25) is 4.68 Å². The van der Waals surface area contributed by atoms with Crippen LogP contribution in [0.5, 0.6) is 0 Å². The van der Waals surface area contributed by atoms with E-state index < -0.39 is 0 Å². The minimum absolute atomic E-state index is 0.433. The van der Waals surface area contributed by atoms with Crippen molar-refractivity contribution in [2.24, 2.45) is 0 Å². The highest BCUT2D eigenvalue weighted by Gasteiger charge is 2.13. The summed E-state index contributed by atoms with van der Waals surface area (Å²) in [4.78, 5) is 0. The lowest BCUT2D eigenvalue weighted by molar-refractivity contribution is 0.429. The van der Waals surface area contributed by atoms with Gasteiger partial charge in [-0.15, -0.1) is 0 Å². The van der Waals surface area contributed by atoms with Gasteiger partial charge < -0.3 is 5.73 Å². The third-order valence-corrected chi connectivity index (χ3v) is 3.86. The van der Waals surface area contributed by atoms with Gasteiger partial charge in [-0.2, -0.15) is 5.10 Å². The molecule has 0 bridgehead atoms. The van der Waals surface area contributed by atoms with E-state index in [9.17, 15) is 0 Å². The van der Waals surface area contributed by atoms with Gasteiger partial charge in [0.2, 0.25) is 0 Å². The topological polar surface area (TPSA) is 43.8 Å². The first kappa shape index (κ1) is 13.7. The molecule has 0 unspecified atom stereocenters. The third-order valence-electron chi connectivity index (χ3n) is 3.86. The summed E-state index contributed by atoms with van der Waals surface area (Å²) in [5.74, 6) is 0. The molecule has 1 heterocycles. The van der Waals surface area contributed by atoms with Crippen molar-refractivity contribution in [3.05, 3.63) is 35.5 Å². The number of aromatic nitrogens is 2. The van der Waals surface area contributed by atoms with Crippen molar-refractivity contribution in [3.8, 4) is 11.3 Å². The molecular formula is C16H23N3. The van der Waals surface area contributed by atoms with E-state index in [1.807, 2.05) is 10.9 Å². The highest BCUT2D eigenvalue weighted by Crippen LogP contribution is 2.28. The van der Waals surface area contributed by atoms with Crippen molar-refractivity contribution in [3.63, 3.8) is 0 Å². The summed E-state index contributed by atoms with van der Waals surface area (Å²) in [5.41, 5.74) is 11.5. The molecule has 2 aromatic rings. The Morgan fingerprint density at radius 1 is 1.16 bits per heavy atom. The summed E-state index contributed by atoms with van der Waals surface area (Å²) in [5, 5.41) is 4.68. The monoisotopic (exact) mass is 257 g/mol. The highest BCUT2D eigenvalue weighted by atomic mass is 15.3. The Kier molecular flexibility index (Phi) is 3.93. The van der Waals surface area contributed by atoms with E-state index in [0.29, 0.717) is 6.04 Å². The quantitative estimate of drug-likeness (QED) is 0.895. The molecule has 1 aromatic carbocycles. The zero-order valence-corrected chi connectivity index (χ0v) is 12.3. The summed E-state index contributed by atoms with van der Waals surface area (Å²) in [7, 11) is 0. The molecule has 0 atom stereocenters. The summed E-state index contributed by atoms with van der Waals surface area (Å²) >= 11 is 0. The predicted octanol–water partition coefficient (Wildman–Crippen LogP) is 4.11. The Morgan fingerprint density at radius 3 is 2.42 bits per heavy atom. The average Bonchev–Trinajstić information content (AvgIpc) is 2.76. The maximum Gasteiger partial charge on any atom is 0.115 e. The molecular weight excluding hydrogens is 234 g/mol. The minimum atomic E-state index is 0.433. The van der Waals surface area contributed by atoms with Gasteiger partial charge in [0.15, 0.2) is 0 Å². The van der Waals surface area contributed by atoms with Gasteiger partial charge in [-0.05, 0) is 43.9 Å². The van der Waals surface area contributed by atoms with Gasteiger partial charge in [0, 0.05) is 11.8 Å². The Morgan fingerprint density at radius 2 is 1.84 bits per heavy atom. The van der Waals surface area contributed by atoms with Crippen LogP contribution in [0.4, 0.5) is 5.69 Å². The second-order valence-corrected chi connectivity index (χ2v) is 5.18. The van der Waals surface area contributed by atoms with Gasteiger partial charge in [-0.25, -0.2) is 0 Å². The molecule has 0 saturated carbocycles. The van der Waals surface area contributed by atoms with E-state index in [0.717, 1.165) is 29.8 Å². The predicted molar refractivity (Wildman–Crippen MR) is 81.2 cm³/mol. The van der Waals surface area contributed by atoms with E-state index >= 15 is 0 Å². The number of anilines is 1. The maximum atomic E-state index is 6.13. The lowest BCUT2D eigenvalue weighted by Crippen LogP contribution is -2.07. The van der Waals surface area contributed by atoms with Crippen LogP contribution in [0.3, 0.4) is 0 Å². The van der Waals surface area contributed by atoms with Crippen LogP contribution in [0.15, 0.2) is 24.4 Å². The minimum Gasteiger partial charge on any atom is -0.396 e. The van der Waals surface area contributed by atoms with E-state index in [2.05, 4.69) is 51.0 Å². The van der Waals surface area contributed by atoms with E-state index in [1.165, 1.54) is 11.1 Å². The van der Waals surface area contributed by atoms with Crippen LogP contribution in [-0.4, -0.2) is 9.78 Å². The molecule has 19 heavy (non-hydrogen) atoms. The number of nitrogens with two attached hydrogens (primary N) is 1. The van der Waals surface area contributed by atoms with Crippen LogP contribution in [0.2, 0.25) is 0 Å². The second-order valence-electron chi connectivity index (χ2n) is 5.18. The molecule has 102 valence electrons. The van der Waals surface area contributed by atoms with Crippen molar-refractivity contribution in [1.82, 2.24) is 9.78 Å². The van der Waals surface area contributed by atoms with Crippen LogP contribution in [0, 0.1) is 13.8 Å². The molecule has 0 spiro atoms. The first-order valence-corrected chi connectivity index (χ1v) is 6.99.